The first-order chi connectivity index (χ1) is 9.81. The molecule has 0 aliphatic carbocycles. The van der Waals surface area contributed by atoms with Crippen molar-refractivity contribution in [2.24, 2.45) is 0 Å². The highest BCUT2D eigenvalue weighted by molar-refractivity contribution is 9.10. The maximum Gasteiger partial charge on any atom is 0.293 e. The Hall–Kier alpha value is -2.16. The molecule has 0 unspecified atom stereocenters. The minimum absolute atomic E-state index is 0.0475. The lowest BCUT2D eigenvalue weighted by atomic mass is 10.2. The van der Waals surface area contributed by atoms with E-state index in [0.29, 0.717) is 4.47 Å². The number of nitro benzene ring substituents is 1. The van der Waals surface area contributed by atoms with Crippen LogP contribution >= 0.6 is 15.9 Å². The third-order valence-corrected chi connectivity index (χ3v) is 3.02. The molecule has 0 radical (unpaired) electrons. The highest BCUT2D eigenvalue weighted by atomic mass is 79.9. The second-order valence-electron chi connectivity index (χ2n) is 3.89. The van der Waals surface area contributed by atoms with E-state index in [-0.39, 0.29) is 11.8 Å². The fourth-order valence-corrected chi connectivity index (χ4v) is 1.93. The van der Waals surface area contributed by atoms with Gasteiger partial charge in [0, 0.05) is 16.6 Å². The smallest absolute Gasteiger partial charge is 0.293 e. The molecule has 0 aliphatic rings. The lowest BCUT2D eigenvalue weighted by molar-refractivity contribution is -0.384. The number of anilines is 2. The van der Waals surface area contributed by atoms with Crippen LogP contribution in [-0.4, -0.2) is 4.92 Å². The van der Waals surface area contributed by atoms with Gasteiger partial charge in [-0.25, -0.2) is 17.6 Å². The van der Waals surface area contributed by atoms with Gasteiger partial charge in [0.2, 0.25) is 0 Å². The summed E-state index contributed by atoms with van der Waals surface area (Å²) >= 11 is 3.00. The zero-order valence-corrected chi connectivity index (χ0v) is 11.5. The van der Waals surface area contributed by atoms with Crippen LogP contribution in [0.15, 0.2) is 28.7 Å². The second-order valence-corrected chi connectivity index (χ2v) is 4.80. The highest BCUT2D eigenvalue weighted by Crippen LogP contribution is 2.33. The minimum atomic E-state index is -1.67. The van der Waals surface area contributed by atoms with E-state index in [2.05, 4.69) is 15.9 Å². The molecule has 110 valence electrons. The Morgan fingerprint density at radius 1 is 1.05 bits per heavy atom. The Labute approximate surface area is 123 Å². The largest absolute Gasteiger partial charge is 0.345 e. The number of nitro groups is 1. The lowest BCUT2D eigenvalue weighted by Crippen LogP contribution is -2.04. The Morgan fingerprint density at radius 3 is 2.14 bits per heavy atom. The van der Waals surface area contributed by atoms with Gasteiger partial charge in [-0.05, 0) is 12.1 Å². The van der Waals surface area contributed by atoms with Crippen molar-refractivity contribution in [1.29, 1.82) is 0 Å². The van der Waals surface area contributed by atoms with Crippen molar-refractivity contribution in [2.75, 3.05) is 5.32 Å². The Balaban J connectivity index is 2.56. The molecule has 2 aromatic carbocycles. The van der Waals surface area contributed by atoms with Gasteiger partial charge in [0.05, 0.1) is 4.92 Å². The number of nitrogens with zero attached hydrogens (tertiary/aromatic N) is 1. The molecular formula is C12H5BrF4N2O2. The van der Waals surface area contributed by atoms with Crippen molar-refractivity contribution < 1.29 is 22.5 Å². The predicted molar refractivity (Wildman–Crippen MR) is 70.4 cm³/mol. The number of rotatable bonds is 3. The normalized spacial score (nSPS) is 10.5. The monoisotopic (exact) mass is 364 g/mol. The molecule has 21 heavy (non-hydrogen) atoms. The van der Waals surface area contributed by atoms with Crippen LogP contribution in [0.5, 0.6) is 0 Å². The number of benzene rings is 2. The molecule has 0 amide bonds. The van der Waals surface area contributed by atoms with Crippen LogP contribution in [0.1, 0.15) is 0 Å². The molecule has 0 spiro atoms. The van der Waals surface area contributed by atoms with Crippen molar-refractivity contribution >= 4 is 33.0 Å². The summed E-state index contributed by atoms with van der Waals surface area (Å²) in [5.74, 6) is -6.58. The molecule has 0 heterocycles. The predicted octanol–water partition coefficient (Wildman–Crippen LogP) is 4.66. The Morgan fingerprint density at radius 2 is 1.62 bits per heavy atom. The van der Waals surface area contributed by atoms with Crippen molar-refractivity contribution in [1.82, 2.24) is 0 Å². The molecule has 2 aromatic rings. The van der Waals surface area contributed by atoms with Gasteiger partial charge in [0.25, 0.3) is 5.69 Å². The number of halogens is 5. The summed E-state index contributed by atoms with van der Waals surface area (Å²) in [5, 5.41) is 12.9. The maximum atomic E-state index is 13.5. The van der Waals surface area contributed by atoms with Gasteiger partial charge < -0.3 is 5.32 Å². The fraction of sp³-hybridized carbons (Fsp3) is 0. The van der Waals surface area contributed by atoms with Crippen molar-refractivity contribution in [2.45, 2.75) is 0 Å². The highest BCUT2D eigenvalue weighted by Gasteiger charge is 2.22. The number of hydrogen-bond donors (Lipinski definition) is 1. The standard InChI is InChI=1S/C12H5BrF4N2O2/c13-5-1-2-8(9(3-5)19(20)21)18-12-10(16)6(14)4-7(15)11(12)17/h1-4,18H. The van der Waals surface area contributed by atoms with Crippen molar-refractivity contribution in [3.63, 3.8) is 0 Å². The van der Waals surface area contributed by atoms with E-state index in [1.165, 1.54) is 6.07 Å². The first kappa shape index (κ1) is 15.2. The summed E-state index contributed by atoms with van der Waals surface area (Å²) < 4.78 is 53.6. The van der Waals surface area contributed by atoms with Gasteiger partial charge in [0.1, 0.15) is 11.4 Å². The van der Waals surface area contributed by atoms with E-state index in [1.54, 1.807) is 0 Å². The second kappa shape index (κ2) is 5.68. The third-order valence-electron chi connectivity index (χ3n) is 2.53. The zero-order valence-electron chi connectivity index (χ0n) is 9.96. The van der Waals surface area contributed by atoms with Gasteiger partial charge in [0.15, 0.2) is 23.3 Å². The quantitative estimate of drug-likeness (QED) is 0.373. The van der Waals surface area contributed by atoms with Crippen molar-refractivity contribution in [3.05, 3.63) is 62.1 Å². The first-order valence-corrected chi connectivity index (χ1v) is 6.14. The maximum absolute atomic E-state index is 13.5. The third kappa shape index (κ3) is 2.97. The van der Waals surface area contributed by atoms with E-state index in [4.69, 9.17) is 0 Å². The van der Waals surface area contributed by atoms with Gasteiger partial charge in [-0.15, -0.1) is 0 Å². The van der Waals surface area contributed by atoms with E-state index < -0.39 is 39.6 Å². The molecule has 0 atom stereocenters. The summed E-state index contributed by atoms with van der Waals surface area (Å²) in [5.41, 5.74) is -1.98. The van der Waals surface area contributed by atoms with Crippen LogP contribution in [0, 0.1) is 33.4 Å². The van der Waals surface area contributed by atoms with E-state index in [1.807, 2.05) is 5.32 Å². The molecule has 0 saturated heterocycles. The van der Waals surface area contributed by atoms with Crippen LogP contribution in [0.25, 0.3) is 0 Å². The number of hydrogen-bond acceptors (Lipinski definition) is 3. The molecule has 0 saturated carbocycles. The average Bonchev–Trinajstić information content (AvgIpc) is 2.42. The molecule has 4 nitrogen and oxygen atoms in total. The minimum Gasteiger partial charge on any atom is -0.345 e. The van der Waals surface area contributed by atoms with Crippen LogP contribution < -0.4 is 5.32 Å². The van der Waals surface area contributed by atoms with Crippen LogP contribution in [0.4, 0.5) is 34.6 Å². The zero-order chi connectivity index (χ0) is 15.7. The molecule has 0 fully saturated rings. The molecule has 9 heteroatoms. The van der Waals surface area contributed by atoms with Crippen molar-refractivity contribution in [3.8, 4) is 0 Å². The van der Waals surface area contributed by atoms with Gasteiger partial charge >= 0.3 is 0 Å². The van der Waals surface area contributed by atoms with E-state index in [9.17, 15) is 27.7 Å². The Bertz CT molecular complexity index is 713. The first-order valence-electron chi connectivity index (χ1n) is 5.35. The van der Waals surface area contributed by atoms with Crippen LogP contribution in [-0.2, 0) is 0 Å². The summed E-state index contributed by atoms with van der Waals surface area (Å²) in [7, 11) is 0. The molecule has 0 bridgehead atoms. The van der Waals surface area contributed by atoms with E-state index >= 15 is 0 Å². The average molecular weight is 365 g/mol. The van der Waals surface area contributed by atoms with Crippen LogP contribution in [0.2, 0.25) is 0 Å². The summed E-state index contributed by atoms with van der Waals surface area (Å²) in [6.45, 7) is 0. The lowest BCUT2D eigenvalue weighted by Gasteiger charge is -2.10. The molecule has 1 N–H and O–H groups in total. The molecule has 2 rings (SSSR count). The molecule has 0 aliphatic heterocycles. The summed E-state index contributed by atoms with van der Waals surface area (Å²) in [6, 6.07) is 3.63. The SMILES string of the molecule is O=[N+]([O-])c1cc(Br)ccc1Nc1c(F)c(F)cc(F)c1F. The topological polar surface area (TPSA) is 55.2 Å². The summed E-state index contributed by atoms with van der Waals surface area (Å²) in [4.78, 5) is 10.1. The van der Waals surface area contributed by atoms with Gasteiger partial charge in [-0.3, -0.25) is 10.1 Å². The van der Waals surface area contributed by atoms with E-state index in [0.717, 1.165) is 12.1 Å². The molecular weight excluding hydrogens is 360 g/mol. The molecule has 0 aromatic heterocycles. The Kier molecular flexibility index (Phi) is 4.12. The van der Waals surface area contributed by atoms with Gasteiger partial charge in [-0.1, -0.05) is 15.9 Å². The van der Waals surface area contributed by atoms with Crippen LogP contribution in [0.3, 0.4) is 0 Å². The summed E-state index contributed by atoms with van der Waals surface area (Å²) in [6.07, 6.45) is 0. The van der Waals surface area contributed by atoms with Gasteiger partial charge in [-0.2, -0.15) is 0 Å². The number of nitrogens with one attached hydrogen (secondary N) is 1. The fourth-order valence-electron chi connectivity index (χ4n) is 1.58.